The molecule has 0 radical (unpaired) electrons. The molecule has 0 aliphatic heterocycles. The van der Waals surface area contributed by atoms with Crippen molar-refractivity contribution in [3.05, 3.63) is 29.8 Å². The molecular weight excluding hydrogens is 244 g/mol. The quantitative estimate of drug-likeness (QED) is 0.758. The molecular formula is C18H30N2. The van der Waals surface area contributed by atoms with Crippen LogP contribution in [0.1, 0.15) is 51.5 Å². The molecule has 0 saturated heterocycles. The molecule has 112 valence electrons. The van der Waals surface area contributed by atoms with E-state index in [-0.39, 0.29) is 0 Å². The number of hydrogen-bond acceptors (Lipinski definition) is 2. The van der Waals surface area contributed by atoms with Crippen LogP contribution in [0.2, 0.25) is 0 Å². The maximum absolute atomic E-state index is 5.73. The van der Waals surface area contributed by atoms with Crippen molar-refractivity contribution in [2.45, 2.75) is 58.4 Å². The smallest absolute Gasteiger partial charge is 0.0314 e. The Bertz CT molecular complexity index is 377. The minimum Gasteiger partial charge on any atom is -0.399 e. The number of anilines is 1. The standard InChI is InChI=1S/C18H30N2/c1-15(2)14-20(18-7-3-4-8-18)13-5-6-16-9-11-17(19)12-10-16/h9-12,15,18H,3-8,13-14,19H2,1-2H3. The van der Waals surface area contributed by atoms with E-state index in [0.717, 1.165) is 17.6 Å². The van der Waals surface area contributed by atoms with Gasteiger partial charge in [-0.15, -0.1) is 0 Å². The fourth-order valence-electron chi connectivity index (χ4n) is 3.33. The minimum absolute atomic E-state index is 0.770. The van der Waals surface area contributed by atoms with Crippen LogP contribution in [0.3, 0.4) is 0 Å². The number of rotatable bonds is 7. The summed E-state index contributed by atoms with van der Waals surface area (Å²) in [5, 5.41) is 0. The number of aryl methyl sites for hydroxylation is 1. The number of nitrogens with two attached hydrogens (primary N) is 1. The summed E-state index contributed by atoms with van der Waals surface area (Å²) in [6, 6.07) is 9.20. The zero-order chi connectivity index (χ0) is 14.4. The molecule has 0 atom stereocenters. The Balaban J connectivity index is 1.80. The van der Waals surface area contributed by atoms with Crippen LogP contribution in [-0.2, 0) is 6.42 Å². The van der Waals surface area contributed by atoms with Gasteiger partial charge < -0.3 is 10.6 Å². The lowest BCUT2D eigenvalue weighted by Gasteiger charge is -2.30. The Kier molecular flexibility index (Phi) is 5.90. The normalized spacial score (nSPS) is 16.4. The largest absolute Gasteiger partial charge is 0.399 e. The number of nitrogens with zero attached hydrogens (tertiary/aromatic N) is 1. The summed E-state index contributed by atoms with van der Waals surface area (Å²) in [7, 11) is 0. The van der Waals surface area contributed by atoms with Crippen LogP contribution in [0.4, 0.5) is 5.69 Å². The second-order valence-corrected chi connectivity index (χ2v) is 6.67. The van der Waals surface area contributed by atoms with E-state index in [2.05, 4.69) is 30.9 Å². The van der Waals surface area contributed by atoms with Gasteiger partial charge in [0.05, 0.1) is 0 Å². The van der Waals surface area contributed by atoms with E-state index in [0.29, 0.717) is 0 Å². The van der Waals surface area contributed by atoms with E-state index in [1.807, 2.05) is 12.1 Å². The van der Waals surface area contributed by atoms with Crippen LogP contribution < -0.4 is 5.73 Å². The Morgan fingerprint density at radius 2 is 1.80 bits per heavy atom. The van der Waals surface area contributed by atoms with Gasteiger partial charge in [-0.2, -0.15) is 0 Å². The van der Waals surface area contributed by atoms with Crippen LogP contribution >= 0.6 is 0 Å². The van der Waals surface area contributed by atoms with Crippen molar-refractivity contribution in [1.82, 2.24) is 4.90 Å². The second kappa shape index (κ2) is 7.68. The third-order valence-corrected chi connectivity index (χ3v) is 4.33. The molecule has 1 saturated carbocycles. The van der Waals surface area contributed by atoms with Crippen LogP contribution in [0.15, 0.2) is 24.3 Å². The second-order valence-electron chi connectivity index (χ2n) is 6.67. The first kappa shape index (κ1) is 15.4. The molecule has 1 aliphatic carbocycles. The zero-order valence-electron chi connectivity index (χ0n) is 13.1. The topological polar surface area (TPSA) is 29.3 Å². The van der Waals surface area contributed by atoms with Gasteiger partial charge in [0, 0.05) is 18.3 Å². The molecule has 20 heavy (non-hydrogen) atoms. The summed E-state index contributed by atoms with van der Waals surface area (Å²) >= 11 is 0. The van der Waals surface area contributed by atoms with Gasteiger partial charge in [0.15, 0.2) is 0 Å². The fraction of sp³-hybridized carbons (Fsp3) is 0.667. The van der Waals surface area contributed by atoms with Gasteiger partial charge in [0.2, 0.25) is 0 Å². The summed E-state index contributed by atoms with van der Waals surface area (Å²) in [6.45, 7) is 7.17. The van der Waals surface area contributed by atoms with Crippen molar-refractivity contribution in [3.8, 4) is 0 Å². The van der Waals surface area contributed by atoms with E-state index in [9.17, 15) is 0 Å². The summed E-state index contributed by atoms with van der Waals surface area (Å²) in [5.41, 5.74) is 8.01. The maximum Gasteiger partial charge on any atom is 0.0314 e. The first-order chi connectivity index (χ1) is 9.65. The van der Waals surface area contributed by atoms with E-state index in [4.69, 9.17) is 5.73 Å². The summed E-state index contributed by atoms with van der Waals surface area (Å²) < 4.78 is 0. The fourth-order valence-corrected chi connectivity index (χ4v) is 3.33. The van der Waals surface area contributed by atoms with E-state index < -0.39 is 0 Å². The number of hydrogen-bond donors (Lipinski definition) is 1. The molecule has 0 heterocycles. The van der Waals surface area contributed by atoms with Gasteiger partial charge in [-0.25, -0.2) is 0 Å². The van der Waals surface area contributed by atoms with Gasteiger partial charge in [0.1, 0.15) is 0 Å². The van der Waals surface area contributed by atoms with E-state index >= 15 is 0 Å². The number of benzene rings is 1. The average Bonchev–Trinajstić information content (AvgIpc) is 2.93. The Morgan fingerprint density at radius 3 is 2.40 bits per heavy atom. The van der Waals surface area contributed by atoms with E-state index in [1.54, 1.807) is 0 Å². The van der Waals surface area contributed by atoms with Crippen molar-refractivity contribution in [2.24, 2.45) is 5.92 Å². The van der Waals surface area contributed by atoms with Crippen LogP contribution in [0, 0.1) is 5.92 Å². The van der Waals surface area contributed by atoms with Gasteiger partial charge in [0.25, 0.3) is 0 Å². The SMILES string of the molecule is CC(C)CN(CCCc1ccc(N)cc1)C1CCCC1. The molecule has 2 nitrogen and oxygen atoms in total. The molecule has 0 spiro atoms. The molecule has 0 aromatic heterocycles. The monoisotopic (exact) mass is 274 g/mol. The van der Waals surface area contributed by atoms with E-state index in [1.165, 1.54) is 57.2 Å². The predicted molar refractivity (Wildman–Crippen MR) is 87.8 cm³/mol. The maximum atomic E-state index is 5.73. The number of nitrogen functional groups attached to an aromatic ring is 1. The molecule has 2 N–H and O–H groups in total. The lowest BCUT2D eigenvalue weighted by atomic mass is 10.1. The van der Waals surface area contributed by atoms with Crippen molar-refractivity contribution in [2.75, 3.05) is 18.8 Å². The Hall–Kier alpha value is -1.02. The zero-order valence-corrected chi connectivity index (χ0v) is 13.1. The van der Waals surface area contributed by atoms with Crippen molar-refractivity contribution in [3.63, 3.8) is 0 Å². The third-order valence-electron chi connectivity index (χ3n) is 4.33. The van der Waals surface area contributed by atoms with Crippen LogP contribution in [-0.4, -0.2) is 24.0 Å². The van der Waals surface area contributed by atoms with Gasteiger partial charge in [-0.1, -0.05) is 38.8 Å². The molecule has 0 amide bonds. The van der Waals surface area contributed by atoms with Gasteiger partial charge in [-0.05, 0) is 55.8 Å². The first-order valence-corrected chi connectivity index (χ1v) is 8.23. The molecule has 1 aromatic rings. The highest BCUT2D eigenvalue weighted by atomic mass is 15.2. The summed E-state index contributed by atoms with van der Waals surface area (Å²) in [5.74, 6) is 0.770. The van der Waals surface area contributed by atoms with Crippen molar-refractivity contribution < 1.29 is 0 Å². The molecule has 2 heteroatoms. The van der Waals surface area contributed by atoms with Gasteiger partial charge >= 0.3 is 0 Å². The molecule has 0 bridgehead atoms. The molecule has 1 aromatic carbocycles. The molecule has 1 fully saturated rings. The molecule has 0 unspecified atom stereocenters. The summed E-state index contributed by atoms with van der Waals surface area (Å²) in [4.78, 5) is 2.75. The van der Waals surface area contributed by atoms with Gasteiger partial charge in [-0.3, -0.25) is 0 Å². The highest BCUT2D eigenvalue weighted by Gasteiger charge is 2.22. The average molecular weight is 274 g/mol. The minimum atomic E-state index is 0.770. The summed E-state index contributed by atoms with van der Waals surface area (Å²) in [6.07, 6.45) is 8.10. The lowest BCUT2D eigenvalue weighted by molar-refractivity contribution is 0.175. The van der Waals surface area contributed by atoms with Crippen LogP contribution in [0.5, 0.6) is 0 Å². The first-order valence-electron chi connectivity index (χ1n) is 8.23. The predicted octanol–water partition coefficient (Wildman–Crippen LogP) is 4.10. The van der Waals surface area contributed by atoms with Crippen molar-refractivity contribution in [1.29, 1.82) is 0 Å². The highest BCUT2D eigenvalue weighted by molar-refractivity contribution is 5.39. The van der Waals surface area contributed by atoms with Crippen molar-refractivity contribution >= 4 is 5.69 Å². The Labute approximate surface area is 124 Å². The highest BCUT2D eigenvalue weighted by Crippen LogP contribution is 2.24. The molecule has 1 aliphatic rings. The lowest BCUT2D eigenvalue weighted by Crippen LogP contribution is -2.37. The van der Waals surface area contributed by atoms with Crippen LogP contribution in [0.25, 0.3) is 0 Å². The Morgan fingerprint density at radius 1 is 1.15 bits per heavy atom. The third kappa shape index (κ3) is 4.82. The molecule has 2 rings (SSSR count).